The van der Waals surface area contributed by atoms with Gasteiger partial charge in [-0.3, -0.25) is 0 Å². The van der Waals surface area contributed by atoms with Gasteiger partial charge in [-0.05, 0) is 23.3 Å². The molecule has 2 N–H and O–H groups in total. The number of hydrogen-bond acceptors (Lipinski definition) is 2. The van der Waals surface area contributed by atoms with Crippen molar-refractivity contribution in [1.29, 1.82) is 0 Å². The molecule has 2 heteroatoms. The Labute approximate surface area is 130 Å². The topological polar surface area (TPSA) is 24.1 Å². The lowest BCUT2D eigenvalue weighted by molar-refractivity contribution is 0.636. The molecule has 0 unspecified atom stereocenters. The maximum atomic E-state index is 3.70. The molecule has 2 atom stereocenters. The lowest BCUT2D eigenvalue weighted by atomic mass is 9.91. The monoisotopic (exact) mass is 286 g/mol. The molecule has 1 aliphatic heterocycles. The Morgan fingerprint density at radius 1 is 0.455 bits per heavy atom. The highest BCUT2D eigenvalue weighted by Gasteiger charge is 2.29. The molecule has 2 nitrogen and oxygen atoms in total. The highest BCUT2D eigenvalue weighted by molar-refractivity contribution is 5.72. The SMILES string of the molecule is c1ccc([C@@H]2Nc3ccccc3N[C@H]2c2ccccc2)cc1. The number of rotatable bonds is 2. The quantitative estimate of drug-likeness (QED) is 0.692. The van der Waals surface area contributed by atoms with Gasteiger partial charge in [0.05, 0.1) is 23.5 Å². The van der Waals surface area contributed by atoms with Crippen LogP contribution in [0, 0.1) is 0 Å². The molecule has 1 heterocycles. The Morgan fingerprint density at radius 3 is 1.23 bits per heavy atom. The number of benzene rings is 3. The van der Waals surface area contributed by atoms with Crippen molar-refractivity contribution >= 4 is 11.4 Å². The molecular formula is C20H18N2. The van der Waals surface area contributed by atoms with Crippen molar-refractivity contribution in [3.05, 3.63) is 96.1 Å². The van der Waals surface area contributed by atoms with Gasteiger partial charge in [0.1, 0.15) is 0 Å². The number of nitrogens with one attached hydrogen (secondary N) is 2. The van der Waals surface area contributed by atoms with E-state index in [2.05, 4.69) is 95.6 Å². The summed E-state index contributed by atoms with van der Waals surface area (Å²) in [7, 11) is 0. The van der Waals surface area contributed by atoms with Crippen LogP contribution in [0.1, 0.15) is 23.2 Å². The van der Waals surface area contributed by atoms with Gasteiger partial charge < -0.3 is 10.6 Å². The second-order valence-corrected chi connectivity index (χ2v) is 5.61. The van der Waals surface area contributed by atoms with Crippen LogP contribution in [0.5, 0.6) is 0 Å². The standard InChI is InChI=1S/C20H18N2/c1-3-9-15(10-4-1)19-20(16-11-5-2-6-12-16)22-18-14-8-7-13-17(18)21-19/h1-14,19-22H/t19-,20-/m0/s1. The summed E-state index contributed by atoms with van der Waals surface area (Å²) in [6.45, 7) is 0. The van der Waals surface area contributed by atoms with Crippen LogP contribution in [-0.4, -0.2) is 0 Å². The van der Waals surface area contributed by atoms with Crippen LogP contribution in [-0.2, 0) is 0 Å². The van der Waals surface area contributed by atoms with Gasteiger partial charge in [0.25, 0.3) is 0 Å². The van der Waals surface area contributed by atoms with Crippen molar-refractivity contribution in [3.8, 4) is 0 Å². The molecule has 0 amide bonds. The first kappa shape index (κ1) is 13.0. The first-order valence-electron chi connectivity index (χ1n) is 7.64. The van der Waals surface area contributed by atoms with Gasteiger partial charge in [-0.25, -0.2) is 0 Å². The number of para-hydroxylation sites is 2. The maximum absolute atomic E-state index is 3.70. The normalized spacial score (nSPS) is 19.6. The van der Waals surface area contributed by atoms with Crippen LogP contribution in [0.4, 0.5) is 11.4 Å². The van der Waals surface area contributed by atoms with E-state index >= 15 is 0 Å². The number of fused-ring (bicyclic) bond motifs is 1. The van der Waals surface area contributed by atoms with Crippen LogP contribution >= 0.6 is 0 Å². The third-order valence-electron chi connectivity index (χ3n) is 4.20. The highest BCUT2D eigenvalue weighted by Crippen LogP contribution is 2.41. The van der Waals surface area contributed by atoms with E-state index in [1.807, 2.05) is 0 Å². The van der Waals surface area contributed by atoms with Gasteiger partial charge in [0, 0.05) is 0 Å². The van der Waals surface area contributed by atoms with E-state index < -0.39 is 0 Å². The van der Waals surface area contributed by atoms with Gasteiger partial charge in [0.2, 0.25) is 0 Å². The minimum atomic E-state index is 0.207. The zero-order valence-electron chi connectivity index (χ0n) is 12.2. The van der Waals surface area contributed by atoms with E-state index in [-0.39, 0.29) is 12.1 Å². The predicted molar refractivity (Wildman–Crippen MR) is 92.1 cm³/mol. The molecule has 0 aliphatic carbocycles. The molecule has 0 fully saturated rings. The van der Waals surface area contributed by atoms with Gasteiger partial charge >= 0.3 is 0 Å². The first-order chi connectivity index (χ1) is 10.9. The second kappa shape index (κ2) is 5.57. The van der Waals surface area contributed by atoms with Crippen molar-refractivity contribution in [2.45, 2.75) is 12.1 Å². The van der Waals surface area contributed by atoms with E-state index in [1.165, 1.54) is 11.1 Å². The zero-order valence-corrected chi connectivity index (χ0v) is 12.2. The number of anilines is 2. The van der Waals surface area contributed by atoms with Crippen LogP contribution in [0.25, 0.3) is 0 Å². The average molecular weight is 286 g/mol. The Balaban J connectivity index is 1.79. The molecule has 0 radical (unpaired) electrons. The van der Waals surface area contributed by atoms with Crippen molar-refractivity contribution in [3.63, 3.8) is 0 Å². The lowest BCUT2D eigenvalue weighted by Gasteiger charge is -2.37. The molecule has 0 saturated heterocycles. The van der Waals surface area contributed by atoms with Gasteiger partial charge in [-0.2, -0.15) is 0 Å². The van der Waals surface area contributed by atoms with Crippen LogP contribution in [0.2, 0.25) is 0 Å². The van der Waals surface area contributed by atoms with Crippen molar-refractivity contribution in [2.75, 3.05) is 10.6 Å². The summed E-state index contributed by atoms with van der Waals surface area (Å²) in [5.74, 6) is 0. The molecule has 108 valence electrons. The Hall–Kier alpha value is -2.74. The molecule has 4 rings (SSSR count). The third kappa shape index (κ3) is 2.33. The minimum absolute atomic E-state index is 0.207. The smallest absolute Gasteiger partial charge is 0.0758 e. The highest BCUT2D eigenvalue weighted by atomic mass is 15.1. The summed E-state index contributed by atoms with van der Waals surface area (Å²) in [6, 6.07) is 30.0. The summed E-state index contributed by atoms with van der Waals surface area (Å²) in [4.78, 5) is 0. The van der Waals surface area contributed by atoms with E-state index in [1.54, 1.807) is 0 Å². The van der Waals surface area contributed by atoms with Gasteiger partial charge in [-0.1, -0.05) is 72.8 Å². The van der Waals surface area contributed by atoms with Crippen molar-refractivity contribution in [2.24, 2.45) is 0 Å². The fourth-order valence-electron chi connectivity index (χ4n) is 3.11. The largest absolute Gasteiger partial charge is 0.374 e. The van der Waals surface area contributed by atoms with E-state index in [4.69, 9.17) is 0 Å². The molecule has 3 aromatic carbocycles. The zero-order chi connectivity index (χ0) is 14.8. The van der Waals surface area contributed by atoms with Crippen LogP contribution in [0.15, 0.2) is 84.9 Å². The molecule has 0 saturated carbocycles. The average Bonchev–Trinajstić information content (AvgIpc) is 2.62. The molecule has 1 aliphatic rings. The lowest BCUT2D eigenvalue weighted by Crippen LogP contribution is -2.30. The Bertz CT molecular complexity index is 686. The maximum Gasteiger partial charge on any atom is 0.0758 e. The Kier molecular flexibility index (Phi) is 3.28. The second-order valence-electron chi connectivity index (χ2n) is 5.61. The molecule has 0 spiro atoms. The summed E-state index contributed by atoms with van der Waals surface area (Å²) >= 11 is 0. The van der Waals surface area contributed by atoms with Gasteiger partial charge in [-0.15, -0.1) is 0 Å². The Morgan fingerprint density at radius 2 is 0.818 bits per heavy atom. The molecule has 3 aromatic rings. The molecule has 22 heavy (non-hydrogen) atoms. The molecular weight excluding hydrogens is 268 g/mol. The first-order valence-corrected chi connectivity index (χ1v) is 7.64. The van der Waals surface area contributed by atoms with E-state index in [0.29, 0.717) is 0 Å². The fraction of sp³-hybridized carbons (Fsp3) is 0.100. The summed E-state index contributed by atoms with van der Waals surface area (Å²) in [5.41, 5.74) is 4.89. The fourth-order valence-corrected chi connectivity index (χ4v) is 3.11. The van der Waals surface area contributed by atoms with E-state index in [0.717, 1.165) is 11.4 Å². The molecule has 0 aromatic heterocycles. The third-order valence-corrected chi connectivity index (χ3v) is 4.20. The minimum Gasteiger partial charge on any atom is -0.374 e. The number of hydrogen-bond donors (Lipinski definition) is 2. The summed E-state index contributed by atoms with van der Waals surface area (Å²) in [6.07, 6.45) is 0. The van der Waals surface area contributed by atoms with Gasteiger partial charge in [0.15, 0.2) is 0 Å². The van der Waals surface area contributed by atoms with Crippen LogP contribution < -0.4 is 10.6 Å². The summed E-state index contributed by atoms with van der Waals surface area (Å²) < 4.78 is 0. The summed E-state index contributed by atoms with van der Waals surface area (Å²) in [5, 5.41) is 7.40. The van der Waals surface area contributed by atoms with Crippen molar-refractivity contribution < 1.29 is 0 Å². The van der Waals surface area contributed by atoms with Crippen LogP contribution in [0.3, 0.4) is 0 Å². The molecule has 0 bridgehead atoms. The van der Waals surface area contributed by atoms with Crippen molar-refractivity contribution in [1.82, 2.24) is 0 Å². The van der Waals surface area contributed by atoms with E-state index in [9.17, 15) is 0 Å². The predicted octanol–water partition coefficient (Wildman–Crippen LogP) is 5.01.